The summed E-state index contributed by atoms with van der Waals surface area (Å²) in [6.45, 7) is 3.50. The zero-order chi connectivity index (χ0) is 23.5. The first-order chi connectivity index (χ1) is 15.0. The van der Waals surface area contributed by atoms with Crippen LogP contribution in [0.3, 0.4) is 0 Å². The molecule has 0 bridgehead atoms. The van der Waals surface area contributed by atoms with Gasteiger partial charge in [-0.25, -0.2) is 21.6 Å². The van der Waals surface area contributed by atoms with Crippen molar-refractivity contribution in [2.45, 2.75) is 31.2 Å². The number of hydrogen-bond acceptors (Lipinski definition) is 6. The van der Waals surface area contributed by atoms with Gasteiger partial charge in [-0.3, -0.25) is 9.59 Å². The number of nitrogens with one attached hydrogen (secondary N) is 3. The van der Waals surface area contributed by atoms with Crippen LogP contribution in [0.2, 0.25) is 0 Å². The number of benzene rings is 2. The predicted molar refractivity (Wildman–Crippen MR) is 121 cm³/mol. The van der Waals surface area contributed by atoms with Gasteiger partial charge in [0.15, 0.2) is 9.84 Å². The molecule has 0 spiro atoms. The Hall–Kier alpha value is -2.76. The lowest BCUT2D eigenvalue weighted by molar-refractivity contribution is -0.115. The third-order valence-electron chi connectivity index (χ3n) is 5.14. The van der Waals surface area contributed by atoms with Gasteiger partial charge in [0.1, 0.15) is 0 Å². The molecule has 0 aromatic heterocycles. The minimum absolute atomic E-state index is 0.0454. The van der Waals surface area contributed by atoms with E-state index in [1.807, 2.05) is 32.0 Å². The van der Waals surface area contributed by atoms with Crippen LogP contribution in [0.25, 0.3) is 0 Å². The van der Waals surface area contributed by atoms with E-state index < -0.39 is 31.8 Å². The number of carbonyl (C=O) groups is 2. The Morgan fingerprint density at radius 1 is 1.03 bits per heavy atom. The van der Waals surface area contributed by atoms with E-state index in [2.05, 4.69) is 15.4 Å². The highest BCUT2D eigenvalue weighted by Gasteiger charge is 2.31. The van der Waals surface area contributed by atoms with Gasteiger partial charge in [0.25, 0.3) is 5.91 Å². The van der Waals surface area contributed by atoms with Crippen LogP contribution in [0.15, 0.2) is 47.4 Å². The first-order valence-electron chi connectivity index (χ1n) is 9.94. The van der Waals surface area contributed by atoms with Crippen molar-refractivity contribution in [1.82, 2.24) is 10.0 Å². The maximum atomic E-state index is 12.5. The number of amides is 2. The summed E-state index contributed by atoms with van der Waals surface area (Å²) >= 11 is 0. The molecule has 3 N–H and O–H groups in total. The molecule has 32 heavy (non-hydrogen) atoms. The van der Waals surface area contributed by atoms with Gasteiger partial charge in [-0.1, -0.05) is 18.2 Å². The lowest BCUT2D eigenvalue weighted by Gasteiger charge is -2.13. The Labute approximate surface area is 187 Å². The molecule has 0 aliphatic carbocycles. The third-order valence-corrected chi connectivity index (χ3v) is 8.44. The van der Waals surface area contributed by atoms with Crippen LogP contribution in [-0.2, 0) is 24.7 Å². The molecule has 3 rings (SSSR count). The molecule has 2 aromatic rings. The largest absolute Gasteiger partial charge is 0.343 e. The molecule has 2 aromatic carbocycles. The van der Waals surface area contributed by atoms with Crippen LogP contribution in [0.5, 0.6) is 0 Å². The molecule has 172 valence electrons. The minimum Gasteiger partial charge on any atom is -0.343 e. The Kier molecular flexibility index (Phi) is 7.01. The zero-order valence-electron chi connectivity index (χ0n) is 17.7. The number of carbonyl (C=O) groups excluding carboxylic acids is 2. The fraction of sp³-hybridized carbons (Fsp3) is 0.333. The smallest absolute Gasteiger partial charge is 0.251 e. The zero-order valence-corrected chi connectivity index (χ0v) is 19.3. The van der Waals surface area contributed by atoms with E-state index in [0.29, 0.717) is 5.69 Å². The summed E-state index contributed by atoms with van der Waals surface area (Å²) in [6.07, 6.45) is 0.228. The van der Waals surface area contributed by atoms with E-state index in [1.54, 1.807) is 0 Å². The molecule has 11 heteroatoms. The number of hydrogen-bond donors (Lipinski definition) is 3. The standard InChI is InChI=1S/C21H25N3O6S2/c1-14-4-3-5-15(2)20(14)23-19(25)12-22-21(26)16-6-8-18(9-7-16)32(29,30)24-17-10-11-31(27,28)13-17/h3-9,17,24H,10-13H2,1-2H3,(H,22,26)(H,23,25). The number of aryl methyl sites for hydroxylation is 2. The molecule has 0 saturated carbocycles. The minimum atomic E-state index is -3.92. The Balaban J connectivity index is 1.57. The molecule has 1 aliphatic rings. The second-order valence-electron chi connectivity index (χ2n) is 7.74. The van der Waals surface area contributed by atoms with Crippen LogP contribution in [-0.4, -0.2) is 52.7 Å². The van der Waals surface area contributed by atoms with Crippen LogP contribution in [0, 0.1) is 13.8 Å². The molecule has 1 fully saturated rings. The van der Waals surface area contributed by atoms with Crippen molar-refractivity contribution in [3.63, 3.8) is 0 Å². The van der Waals surface area contributed by atoms with Gasteiger partial charge >= 0.3 is 0 Å². The van der Waals surface area contributed by atoms with Crippen molar-refractivity contribution in [3.8, 4) is 0 Å². The molecule has 1 aliphatic heterocycles. The Bertz CT molecular complexity index is 1220. The van der Waals surface area contributed by atoms with E-state index >= 15 is 0 Å². The van der Waals surface area contributed by atoms with Gasteiger partial charge in [0, 0.05) is 17.3 Å². The van der Waals surface area contributed by atoms with E-state index in [0.717, 1.165) is 11.1 Å². The first kappa shape index (κ1) is 23.9. The quantitative estimate of drug-likeness (QED) is 0.544. The van der Waals surface area contributed by atoms with E-state index in [1.165, 1.54) is 24.3 Å². The van der Waals surface area contributed by atoms with Gasteiger partial charge < -0.3 is 10.6 Å². The summed E-state index contributed by atoms with van der Waals surface area (Å²) < 4.78 is 50.4. The maximum absolute atomic E-state index is 12.5. The third kappa shape index (κ3) is 5.93. The summed E-state index contributed by atoms with van der Waals surface area (Å²) in [5.74, 6) is -1.18. The predicted octanol–water partition coefficient (Wildman–Crippen LogP) is 1.14. The number of anilines is 1. The summed E-state index contributed by atoms with van der Waals surface area (Å²) in [7, 11) is -7.13. The summed E-state index contributed by atoms with van der Waals surface area (Å²) in [6, 6.07) is 10.2. The molecule has 9 nitrogen and oxygen atoms in total. The van der Waals surface area contributed by atoms with Crippen molar-refractivity contribution in [2.75, 3.05) is 23.4 Å². The van der Waals surface area contributed by atoms with Crippen LogP contribution in [0.4, 0.5) is 5.69 Å². The lowest BCUT2D eigenvalue weighted by atomic mass is 10.1. The van der Waals surface area contributed by atoms with Crippen LogP contribution < -0.4 is 15.4 Å². The topological polar surface area (TPSA) is 139 Å². The fourth-order valence-corrected chi connectivity index (χ4v) is 6.47. The van der Waals surface area contributed by atoms with E-state index in [9.17, 15) is 26.4 Å². The molecular formula is C21H25N3O6S2. The summed E-state index contributed by atoms with van der Waals surface area (Å²) in [4.78, 5) is 24.4. The SMILES string of the molecule is Cc1cccc(C)c1NC(=O)CNC(=O)c1ccc(S(=O)(=O)NC2CCS(=O)(=O)C2)cc1. The normalized spacial score (nSPS) is 17.6. The molecule has 1 unspecified atom stereocenters. The summed E-state index contributed by atoms with van der Waals surface area (Å²) in [5.41, 5.74) is 2.70. The van der Waals surface area contributed by atoms with Crippen molar-refractivity contribution in [1.29, 1.82) is 0 Å². The molecule has 2 amide bonds. The number of para-hydroxylation sites is 1. The molecule has 0 radical (unpaired) electrons. The van der Waals surface area contributed by atoms with Gasteiger partial charge in [0.2, 0.25) is 15.9 Å². The lowest BCUT2D eigenvalue weighted by Crippen LogP contribution is -2.35. The Morgan fingerprint density at radius 3 is 2.22 bits per heavy atom. The molecular weight excluding hydrogens is 454 g/mol. The molecule has 1 atom stereocenters. The van der Waals surface area contributed by atoms with Crippen molar-refractivity contribution in [2.24, 2.45) is 0 Å². The number of rotatable bonds is 7. The average Bonchev–Trinajstić information content (AvgIpc) is 3.06. The highest BCUT2D eigenvalue weighted by molar-refractivity contribution is 7.92. The van der Waals surface area contributed by atoms with Gasteiger partial charge in [-0.05, 0) is 55.7 Å². The summed E-state index contributed by atoms with van der Waals surface area (Å²) in [5, 5.41) is 5.27. The molecule has 1 saturated heterocycles. The highest BCUT2D eigenvalue weighted by Crippen LogP contribution is 2.19. The number of sulfone groups is 1. The second-order valence-corrected chi connectivity index (χ2v) is 11.7. The van der Waals surface area contributed by atoms with Gasteiger partial charge in [-0.15, -0.1) is 0 Å². The van der Waals surface area contributed by atoms with Gasteiger partial charge in [-0.2, -0.15) is 0 Å². The van der Waals surface area contributed by atoms with Crippen LogP contribution >= 0.6 is 0 Å². The van der Waals surface area contributed by atoms with Crippen molar-refractivity contribution in [3.05, 3.63) is 59.2 Å². The number of sulfonamides is 1. The van der Waals surface area contributed by atoms with E-state index in [-0.39, 0.29) is 40.8 Å². The molecule has 1 heterocycles. The first-order valence-corrected chi connectivity index (χ1v) is 13.2. The highest BCUT2D eigenvalue weighted by atomic mass is 32.2. The van der Waals surface area contributed by atoms with Gasteiger partial charge in [0.05, 0.1) is 22.9 Å². The Morgan fingerprint density at radius 2 is 1.66 bits per heavy atom. The van der Waals surface area contributed by atoms with Crippen LogP contribution in [0.1, 0.15) is 27.9 Å². The van der Waals surface area contributed by atoms with Crippen molar-refractivity contribution >= 4 is 37.4 Å². The monoisotopic (exact) mass is 479 g/mol. The second kappa shape index (κ2) is 9.39. The maximum Gasteiger partial charge on any atom is 0.251 e. The average molecular weight is 480 g/mol. The van der Waals surface area contributed by atoms with Crippen molar-refractivity contribution < 1.29 is 26.4 Å². The van der Waals surface area contributed by atoms with E-state index in [4.69, 9.17) is 0 Å². The fourth-order valence-electron chi connectivity index (χ4n) is 3.42.